The molecule has 0 saturated carbocycles. The van der Waals surface area contributed by atoms with Crippen LogP contribution in [0.25, 0.3) is 6.20 Å². The largest absolute Gasteiger partial charge is 0.345 e. The molecule has 0 saturated heterocycles. The second-order valence-corrected chi connectivity index (χ2v) is 9.76. The highest BCUT2D eigenvalue weighted by Gasteiger charge is 2.20. The van der Waals surface area contributed by atoms with Crippen LogP contribution in [0.1, 0.15) is 58.3 Å². The lowest BCUT2D eigenvalue weighted by molar-refractivity contribution is 0.0823. The highest BCUT2D eigenvalue weighted by atomic mass is 35.5. The monoisotopic (exact) mass is 552 g/mol. The van der Waals surface area contributed by atoms with Gasteiger partial charge < -0.3 is 4.90 Å². The van der Waals surface area contributed by atoms with Crippen molar-refractivity contribution in [3.8, 4) is 0 Å². The van der Waals surface area contributed by atoms with Crippen LogP contribution in [0, 0.1) is 25.5 Å². The fourth-order valence-corrected chi connectivity index (χ4v) is 4.39. The van der Waals surface area contributed by atoms with Crippen molar-refractivity contribution in [3.05, 3.63) is 116 Å². The number of hydrogen-bond donors (Lipinski definition) is 0. The fraction of sp³-hybridized carbons (Fsp3) is 0.267. The number of allylic oxidation sites excluding steroid dienone is 2. The molecule has 0 fully saturated rings. The lowest BCUT2D eigenvalue weighted by atomic mass is 9.95. The topological polar surface area (TPSA) is 67.6 Å². The Labute approximate surface area is 232 Å². The van der Waals surface area contributed by atoms with E-state index in [1.165, 1.54) is 46.1 Å². The molecule has 2 aromatic heterocycles. The molecule has 0 aliphatic carbocycles. The molecule has 0 aliphatic rings. The molecule has 1 aromatic carbocycles. The quantitative estimate of drug-likeness (QED) is 0.307. The number of pyridine rings is 2. The summed E-state index contributed by atoms with van der Waals surface area (Å²) < 4.78 is 30.3. The van der Waals surface area contributed by atoms with Crippen LogP contribution in [0.2, 0.25) is 5.02 Å². The third kappa shape index (κ3) is 6.75. The minimum atomic E-state index is -0.708. The summed E-state index contributed by atoms with van der Waals surface area (Å²) in [6, 6.07) is 9.32. The zero-order chi connectivity index (χ0) is 28.9. The Morgan fingerprint density at radius 1 is 1.18 bits per heavy atom. The molecule has 0 spiro atoms. The van der Waals surface area contributed by atoms with Gasteiger partial charge in [0.15, 0.2) is 0 Å². The molecular formula is C30H31ClF2N4O2. The number of carbonyl (C=O) groups is 1. The summed E-state index contributed by atoms with van der Waals surface area (Å²) in [5, 5.41) is 0.0493. The highest BCUT2D eigenvalue weighted by Crippen LogP contribution is 2.26. The van der Waals surface area contributed by atoms with Crippen molar-refractivity contribution in [1.82, 2.24) is 14.5 Å². The van der Waals surface area contributed by atoms with Crippen molar-refractivity contribution in [2.45, 2.75) is 40.0 Å². The number of aliphatic imine (C=N–C) groups is 1. The van der Waals surface area contributed by atoms with Gasteiger partial charge in [0.1, 0.15) is 16.7 Å². The Morgan fingerprint density at radius 2 is 1.87 bits per heavy atom. The molecule has 3 rings (SSSR count). The van der Waals surface area contributed by atoms with Crippen LogP contribution < -0.4 is 5.56 Å². The minimum Gasteiger partial charge on any atom is -0.345 e. The second-order valence-electron chi connectivity index (χ2n) is 9.38. The van der Waals surface area contributed by atoms with Crippen LogP contribution in [0.4, 0.5) is 8.78 Å². The van der Waals surface area contributed by atoms with Crippen molar-refractivity contribution in [3.63, 3.8) is 0 Å². The number of hydrogen-bond acceptors (Lipinski definition) is 4. The molecule has 6 nitrogen and oxygen atoms in total. The van der Waals surface area contributed by atoms with E-state index in [4.69, 9.17) is 11.6 Å². The predicted octanol–water partition coefficient (Wildman–Crippen LogP) is 6.33. The zero-order valence-corrected chi connectivity index (χ0v) is 23.6. The number of rotatable bonds is 8. The van der Waals surface area contributed by atoms with Gasteiger partial charge in [0.05, 0.1) is 17.0 Å². The standard InChI is InChI=1S/C30H31ClF2N4O2/c1-7-14-34-26(22-9-8-10-23(28(22)33)29(38)36(5)6)13-15-37-19(3)17-24(27(31)30(37)39)18(2)16-21-11-12-25(32)20(4)35-21/h7-15,17-18H,16H2,1-6H3/b14-7+,15-13+,34-26-. The summed E-state index contributed by atoms with van der Waals surface area (Å²) in [5.74, 6) is -1.71. The summed E-state index contributed by atoms with van der Waals surface area (Å²) in [6.45, 7) is 7.06. The van der Waals surface area contributed by atoms with Gasteiger partial charge in [-0.2, -0.15) is 0 Å². The summed E-state index contributed by atoms with van der Waals surface area (Å²) in [5.41, 5.74) is 2.06. The molecule has 0 aliphatic heterocycles. The van der Waals surface area contributed by atoms with Crippen molar-refractivity contribution in [2.75, 3.05) is 14.1 Å². The first-order chi connectivity index (χ1) is 18.5. The lowest BCUT2D eigenvalue weighted by Gasteiger charge is -2.16. The van der Waals surface area contributed by atoms with Crippen molar-refractivity contribution < 1.29 is 13.6 Å². The van der Waals surface area contributed by atoms with E-state index in [1.807, 2.05) is 13.0 Å². The van der Waals surface area contributed by atoms with E-state index >= 15 is 4.39 Å². The smallest absolute Gasteiger partial charge is 0.273 e. The minimum absolute atomic E-state index is 0.0493. The maximum absolute atomic E-state index is 15.4. The van der Waals surface area contributed by atoms with Crippen LogP contribution in [0.15, 0.2) is 64.5 Å². The van der Waals surface area contributed by atoms with E-state index in [2.05, 4.69) is 9.98 Å². The van der Waals surface area contributed by atoms with E-state index in [0.717, 1.165) is 0 Å². The Hall–Kier alpha value is -3.91. The van der Waals surface area contributed by atoms with Crippen LogP contribution >= 0.6 is 11.6 Å². The number of amides is 1. The molecule has 0 N–H and O–H groups in total. The van der Waals surface area contributed by atoms with Crippen LogP contribution in [-0.4, -0.2) is 40.2 Å². The first-order valence-corrected chi connectivity index (χ1v) is 12.7. The molecule has 1 atom stereocenters. The van der Waals surface area contributed by atoms with Gasteiger partial charge in [-0.05, 0) is 75.1 Å². The molecule has 204 valence electrons. The van der Waals surface area contributed by atoms with E-state index < -0.39 is 17.3 Å². The molecule has 2 heterocycles. The Kier molecular flexibility index (Phi) is 9.70. The SMILES string of the molecule is C/C=C/N=C(/C=C/n1c(C)cc(C(C)Cc2ccc(F)c(C)n2)c(Cl)c1=O)c1cccc(C(=O)N(C)C)c1F. The zero-order valence-electron chi connectivity index (χ0n) is 22.8. The summed E-state index contributed by atoms with van der Waals surface area (Å²) >= 11 is 6.52. The number of halogens is 3. The van der Waals surface area contributed by atoms with E-state index in [9.17, 15) is 14.0 Å². The van der Waals surface area contributed by atoms with E-state index in [-0.39, 0.29) is 33.6 Å². The van der Waals surface area contributed by atoms with Crippen LogP contribution in [-0.2, 0) is 6.42 Å². The molecule has 1 unspecified atom stereocenters. The Bertz CT molecular complexity index is 1540. The van der Waals surface area contributed by atoms with Gasteiger partial charge in [0.25, 0.3) is 11.5 Å². The van der Waals surface area contributed by atoms with E-state index in [1.54, 1.807) is 53.1 Å². The van der Waals surface area contributed by atoms with Crippen molar-refractivity contribution >= 4 is 29.4 Å². The van der Waals surface area contributed by atoms with Gasteiger partial charge in [-0.1, -0.05) is 30.7 Å². The Balaban J connectivity index is 2.00. The predicted molar refractivity (Wildman–Crippen MR) is 153 cm³/mol. The molecule has 3 aromatic rings. The normalized spacial score (nSPS) is 12.9. The lowest BCUT2D eigenvalue weighted by Crippen LogP contribution is -2.23. The van der Waals surface area contributed by atoms with Gasteiger partial charge in [-0.25, -0.2) is 8.78 Å². The van der Waals surface area contributed by atoms with Crippen molar-refractivity contribution in [2.24, 2.45) is 4.99 Å². The van der Waals surface area contributed by atoms with Gasteiger partial charge in [0, 0.05) is 43.4 Å². The van der Waals surface area contributed by atoms with E-state index in [0.29, 0.717) is 29.1 Å². The summed E-state index contributed by atoms with van der Waals surface area (Å²) in [7, 11) is 3.09. The summed E-state index contributed by atoms with van der Waals surface area (Å²) in [4.78, 5) is 35.6. The average molecular weight is 553 g/mol. The first-order valence-electron chi connectivity index (χ1n) is 12.4. The third-order valence-electron chi connectivity index (χ3n) is 6.19. The highest BCUT2D eigenvalue weighted by molar-refractivity contribution is 6.31. The summed E-state index contributed by atoms with van der Waals surface area (Å²) in [6.07, 6.45) is 6.63. The molecular weight excluding hydrogens is 522 g/mol. The number of nitrogens with zero attached hydrogens (tertiary/aromatic N) is 4. The van der Waals surface area contributed by atoms with Gasteiger partial charge >= 0.3 is 0 Å². The van der Waals surface area contributed by atoms with Gasteiger partial charge in [-0.15, -0.1) is 0 Å². The number of aryl methyl sites for hydroxylation is 2. The first kappa shape index (κ1) is 29.6. The van der Waals surface area contributed by atoms with Crippen molar-refractivity contribution in [1.29, 1.82) is 0 Å². The fourth-order valence-electron chi connectivity index (χ4n) is 4.06. The van der Waals surface area contributed by atoms with Gasteiger partial charge in [0.2, 0.25) is 0 Å². The van der Waals surface area contributed by atoms with Gasteiger partial charge in [-0.3, -0.25) is 24.1 Å². The maximum Gasteiger partial charge on any atom is 0.273 e. The average Bonchev–Trinajstić information content (AvgIpc) is 2.89. The van der Waals surface area contributed by atoms with Crippen LogP contribution in [0.5, 0.6) is 0 Å². The molecule has 39 heavy (non-hydrogen) atoms. The molecule has 0 bridgehead atoms. The number of aromatic nitrogens is 2. The Morgan fingerprint density at radius 3 is 2.51 bits per heavy atom. The second kappa shape index (κ2) is 12.8. The number of benzene rings is 1. The van der Waals surface area contributed by atoms with Crippen LogP contribution in [0.3, 0.4) is 0 Å². The third-order valence-corrected chi connectivity index (χ3v) is 6.56. The molecule has 1 amide bonds. The molecule has 0 radical (unpaired) electrons. The maximum atomic E-state index is 15.4. The number of carbonyl (C=O) groups excluding carboxylic acids is 1. The molecule has 9 heteroatoms.